The molecule has 2 saturated heterocycles. The van der Waals surface area contributed by atoms with Crippen molar-refractivity contribution in [3.63, 3.8) is 0 Å². The first-order valence-corrected chi connectivity index (χ1v) is 10.4. The molecule has 0 bridgehead atoms. The van der Waals surface area contributed by atoms with Crippen molar-refractivity contribution in [2.75, 3.05) is 31.1 Å². The molecular formula is C24H24N6O. The summed E-state index contributed by atoms with van der Waals surface area (Å²) in [4.78, 5) is 20.5. The second-order valence-corrected chi connectivity index (χ2v) is 8.73. The minimum Gasteiger partial charge on any atom is -0.368 e. The molecule has 0 radical (unpaired) electrons. The molecule has 1 spiro atoms. The van der Waals surface area contributed by atoms with Crippen molar-refractivity contribution >= 4 is 22.5 Å². The summed E-state index contributed by atoms with van der Waals surface area (Å²) in [6.07, 6.45) is 7.81. The molecule has 7 heteroatoms. The van der Waals surface area contributed by atoms with Crippen molar-refractivity contribution in [3.8, 4) is 17.2 Å². The Kier molecular flexibility index (Phi) is 4.33. The number of fused-ring (bicyclic) bond motifs is 1. The number of carbonyl (C=O) groups excluding carboxylic acids is 1. The highest BCUT2D eigenvalue weighted by molar-refractivity contribution is 5.98. The predicted octanol–water partition coefficient (Wildman–Crippen LogP) is 3.04. The highest BCUT2D eigenvalue weighted by Crippen LogP contribution is 2.43. The third-order valence-corrected chi connectivity index (χ3v) is 6.74. The highest BCUT2D eigenvalue weighted by Gasteiger charge is 2.49. The van der Waals surface area contributed by atoms with E-state index in [0.29, 0.717) is 5.56 Å². The molecule has 1 amide bonds. The Labute approximate surface area is 181 Å². The van der Waals surface area contributed by atoms with Gasteiger partial charge in [0.05, 0.1) is 29.2 Å². The van der Waals surface area contributed by atoms with Crippen LogP contribution in [0.2, 0.25) is 0 Å². The summed E-state index contributed by atoms with van der Waals surface area (Å²) in [7, 11) is 1.92. The summed E-state index contributed by atoms with van der Waals surface area (Å²) in [6, 6.07) is 6.58. The van der Waals surface area contributed by atoms with E-state index in [4.69, 9.17) is 0 Å². The van der Waals surface area contributed by atoms with Gasteiger partial charge in [-0.2, -0.15) is 10.4 Å². The summed E-state index contributed by atoms with van der Waals surface area (Å²) in [5.41, 5.74) is 5.53. The predicted molar refractivity (Wildman–Crippen MR) is 119 cm³/mol. The lowest BCUT2D eigenvalue weighted by atomic mass is 9.79. The molecule has 2 aromatic heterocycles. The fourth-order valence-corrected chi connectivity index (χ4v) is 5.15. The van der Waals surface area contributed by atoms with Crippen LogP contribution >= 0.6 is 0 Å². The van der Waals surface area contributed by atoms with E-state index in [1.54, 1.807) is 12.4 Å². The maximum Gasteiger partial charge on any atom is 0.245 e. The Morgan fingerprint density at radius 3 is 2.81 bits per heavy atom. The summed E-state index contributed by atoms with van der Waals surface area (Å²) in [5.74, 6) is -0.00907. The van der Waals surface area contributed by atoms with Gasteiger partial charge in [0.25, 0.3) is 0 Å². The standard InChI is InChI=1S/C24H24N6O/c1-4-21(31)30-14-24(15-30)7-8-29(13-24)20-12-26-11-19(18(20)9-25)22-16(2)5-6-17-10-27-28(3)23(17)22/h4-6,10-12H,1,7-8,13-15H2,2-3H3. The van der Waals surface area contributed by atoms with Gasteiger partial charge in [-0.15, -0.1) is 0 Å². The molecule has 0 N–H and O–H groups in total. The quantitative estimate of drug-likeness (QED) is 0.618. The number of anilines is 1. The Bertz CT molecular complexity index is 1260. The SMILES string of the molecule is C=CC(=O)N1CC2(CCN(c3cncc(-c4c(C)ccc5cnn(C)c45)c3C#N)C2)C1. The molecule has 7 nitrogen and oxygen atoms in total. The van der Waals surface area contributed by atoms with Crippen molar-refractivity contribution in [1.82, 2.24) is 19.7 Å². The van der Waals surface area contributed by atoms with Gasteiger partial charge in [-0.25, -0.2) is 0 Å². The zero-order valence-corrected chi connectivity index (χ0v) is 17.8. The van der Waals surface area contributed by atoms with E-state index in [9.17, 15) is 10.1 Å². The van der Waals surface area contributed by atoms with Gasteiger partial charge in [0.1, 0.15) is 6.07 Å². The van der Waals surface area contributed by atoms with Gasteiger partial charge in [-0.3, -0.25) is 14.5 Å². The van der Waals surface area contributed by atoms with Crippen LogP contribution in [-0.2, 0) is 11.8 Å². The van der Waals surface area contributed by atoms with Crippen molar-refractivity contribution in [2.24, 2.45) is 12.5 Å². The lowest BCUT2D eigenvalue weighted by Gasteiger charge is -2.47. The molecule has 4 heterocycles. The number of benzene rings is 1. The number of aromatic nitrogens is 3. The number of hydrogen-bond donors (Lipinski definition) is 0. The van der Waals surface area contributed by atoms with Gasteiger partial charge >= 0.3 is 0 Å². The maximum atomic E-state index is 11.9. The summed E-state index contributed by atoms with van der Waals surface area (Å²) in [6.45, 7) is 8.80. The number of carbonyl (C=O) groups is 1. The van der Waals surface area contributed by atoms with E-state index < -0.39 is 0 Å². The normalized spacial score (nSPS) is 17.1. The molecule has 156 valence electrons. The van der Waals surface area contributed by atoms with Gasteiger partial charge in [0.15, 0.2) is 0 Å². The van der Waals surface area contributed by atoms with Crippen LogP contribution in [0.15, 0.2) is 43.4 Å². The molecular weight excluding hydrogens is 388 g/mol. The minimum atomic E-state index is -0.00907. The smallest absolute Gasteiger partial charge is 0.245 e. The van der Waals surface area contributed by atoms with Gasteiger partial charge in [0, 0.05) is 61.4 Å². The van der Waals surface area contributed by atoms with E-state index in [2.05, 4.69) is 46.7 Å². The zero-order valence-electron chi connectivity index (χ0n) is 17.8. The van der Waals surface area contributed by atoms with Crippen molar-refractivity contribution in [3.05, 3.63) is 54.5 Å². The first kappa shape index (κ1) is 19.3. The van der Waals surface area contributed by atoms with Crippen molar-refractivity contribution in [2.45, 2.75) is 13.3 Å². The van der Waals surface area contributed by atoms with E-state index >= 15 is 0 Å². The molecule has 0 saturated carbocycles. The summed E-state index contributed by atoms with van der Waals surface area (Å²) < 4.78 is 1.86. The number of pyridine rings is 1. The van der Waals surface area contributed by atoms with E-state index in [1.807, 2.05) is 22.8 Å². The largest absolute Gasteiger partial charge is 0.368 e. The van der Waals surface area contributed by atoms with Crippen LogP contribution in [0, 0.1) is 23.7 Å². The zero-order chi connectivity index (χ0) is 21.8. The molecule has 2 aliphatic heterocycles. The maximum absolute atomic E-state index is 11.9. The van der Waals surface area contributed by atoms with E-state index in [-0.39, 0.29) is 11.3 Å². The minimum absolute atomic E-state index is 0.00907. The van der Waals surface area contributed by atoms with Crippen LogP contribution in [0.3, 0.4) is 0 Å². The average Bonchev–Trinajstić information content (AvgIpc) is 3.36. The topological polar surface area (TPSA) is 78.1 Å². The van der Waals surface area contributed by atoms with Crippen LogP contribution in [0.1, 0.15) is 17.5 Å². The first-order chi connectivity index (χ1) is 15.0. The fourth-order valence-electron chi connectivity index (χ4n) is 5.15. The van der Waals surface area contributed by atoms with Crippen molar-refractivity contribution in [1.29, 1.82) is 5.26 Å². The first-order valence-electron chi connectivity index (χ1n) is 10.4. The lowest BCUT2D eigenvalue weighted by Crippen LogP contribution is -2.59. The van der Waals surface area contributed by atoms with Gasteiger partial charge in [-0.05, 0) is 25.0 Å². The molecule has 0 atom stereocenters. The molecule has 31 heavy (non-hydrogen) atoms. The summed E-state index contributed by atoms with van der Waals surface area (Å²) >= 11 is 0. The third-order valence-electron chi connectivity index (χ3n) is 6.74. The Morgan fingerprint density at radius 1 is 1.26 bits per heavy atom. The number of nitriles is 1. The monoisotopic (exact) mass is 412 g/mol. The van der Waals surface area contributed by atoms with Crippen LogP contribution in [0.5, 0.6) is 0 Å². The number of rotatable bonds is 3. The van der Waals surface area contributed by atoms with Gasteiger partial charge < -0.3 is 9.80 Å². The van der Waals surface area contributed by atoms with E-state index in [0.717, 1.165) is 65.9 Å². The third kappa shape index (κ3) is 2.90. The highest BCUT2D eigenvalue weighted by atomic mass is 16.2. The Hall–Kier alpha value is -3.66. The Balaban J connectivity index is 1.53. The fraction of sp³-hybridized carbons (Fsp3) is 0.333. The summed E-state index contributed by atoms with van der Waals surface area (Å²) in [5, 5.41) is 15.6. The number of amides is 1. The molecule has 2 fully saturated rings. The number of nitrogens with zero attached hydrogens (tertiary/aromatic N) is 6. The van der Waals surface area contributed by atoms with Crippen molar-refractivity contribution < 1.29 is 4.79 Å². The molecule has 2 aliphatic rings. The van der Waals surface area contributed by atoms with Crippen LogP contribution in [0.4, 0.5) is 5.69 Å². The van der Waals surface area contributed by atoms with Crippen LogP contribution in [-0.4, -0.2) is 51.8 Å². The second-order valence-electron chi connectivity index (χ2n) is 8.73. The molecule has 1 aromatic carbocycles. The van der Waals surface area contributed by atoms with Crippen LogP contribution in [0.25, 0.3) is 22.0 Å². The number of hydrogen-bond acceptors (Lipinski definition) is 5. The lowest BCUT2D eigenvalue weighted by molar-refractivity contribution is -0.136. The number of likely N-dealkylation sites (tertiary alicyclic amines) is 1. The van der Waals surface area contributed by atoms with E-state index in [1.165, 1.54) is 6.08 Å². The van der Waals surface area contributed by atoms with Gasteiger partial charge in [0.2, 0.25) is 5.91 Å². The second kappa shape index (κ2) is 6.95. The van der Waals surface area contributed by atoms with Gasteiger partial charge in [-0.1, -0.05) is 18.7 Å². The molecule has 0 aliphatic carbocycles. The Morgan fingerprint density at radius 2 is 2.06 bits per heavy atom. The molecule has 0 unspecified atom stereocenters. The number of aryl methyl sites for hydroxylation is 2. The van der Waals surface area contributed by atoms with Crippen LogP contribution < -0.4 is 4.90 Å². The molecule has 3 aromatic rings. The molecule has 5 rings (SSSR count). The average molecular weight is 412 g/mol.